The molecule has 166 valence electrons. The largest absolute Gasteiger partial charge is 0.454 e. The van der Waals surface area contributed by atoms with Crippen molar-refractivity contribution in [2.75, 3.05) is 19.8 Å². The summed E-state index contributed by atoms with van der Waals surface area (Å²) in [4.78, 5) is 12.6. The molecule has 0 unspecified atom stereocenters. The van der Waals surface area contributed by atoms with E-state index in [2.05, 4.69) is 5.32 Å². The number of nitriles is 1. The Labute approximate surface area is 191 Å². The summed E-state index contributed by atoms with van der Waals surface area (Å²) in [6.07, 6.45) is 4.01. The molecule has 0 fully saturated rings. The van der Waals surface area contributed by atoms with Gasteiger partial charge in [0.15, 0.2) is 5.76 Å². The smallest absolute Gasteiger partial charge is 0.261 e. The van der Waals surface area contributed by atoms with Crippen molar-refractivity contribution in [1.82, 2.24) is 15.1 Å². The van der Waals surface area contributed by atoms with Gasteiger partial charge in [-0.05, 0) is 43.7 Å². The van der Waals surface area contributed by atoms with Crippen molar-refractivity contribution in [1.29, 1.82) is 5.26 Å². The van der Waals surface area contributed by atoms with Gasteiger partial charge in [-0.15, -0.1) is 0 Å². The molecule has 0 saturated carbocycles. The second kappa shape index (κ2) is 10.4. The number of carbonyl (C=O) groups is 1. The SMILES string of the molecule is CCOCCCNC(=O)C(C#N)=Cc1cn(-c2ccccc2)nc1-c1cc2ccccc2o1. The summed E-state index contributed by atoms with van der Waals surface area (Å²) in [6, 6.07) is 21.2. The minimum absolute atomic E-state index is 0.00335. The van der Waals surface area contributed by atoms with E-state index in [1.54, 1.807) is 17.0 Å². The van der Waals surface area contributed by atoms with Crippen LogP contribution in [0.4, 0.5) is 0 Å². The van der Waals surface area contributed by atoms with Crippen molar-refractivity contribution in [2.45, 2.75) is 13.3 Å². The number of aromatic nitrogens is 2. The quantitative estimate of drug-likeness (QED) is 0.231. The van der Waals surface area contributed by atoms with Crippen molar-refractivity contribution < 1.29 is 13.9 Å². The second-order valence-electron chi connectivity index (χ2n) is 7.34. The van der Waals surface area contributed by atoms with Gasteiger partial charge >= 0.3 is 0 Å². The molecule has 7 nitrogen and oxygen atoms in total. The maximum absolute atomic E-state index is 12.6. The molecule has 0 aliphatic carbocycles. The van der Waals surface area contributed by atoms with Crippen LogP contribution in [0.3, 0.4) is 0 Å². The summed E-state index contributed by atoms with van der Waals surface area (Å²) in [6.45, 7) is 3.54. The molecule has 2 aromatic carbocycles. The molecular formula is C26H24N4O3. The zero-order valence-electron chi connectivity index (χ0n) is 18.3. The average Bonchev–Trinajstić information content (AvgIpc) is 3.47. The first kappa shape index (κ1) is 22.1. The minimum Gasteiger partial charge on any atom is -0.454 e. The number of ether oxygens (including phenoxy) is 1. The summed E-state index contributed by atoms with van der Waals surface area (Å²) in [5, 5.41) is 18.1. The highest BCUT2D eigenvalue weighted by Crippen LogP contribution is 2.31. The van der Waals surface area contributed by atoms with Crippen LogP contribution in [-0.2, 0) is 9.53 Å². The summed E-state index contributed by atoms with van der Waals surface area (Å²) >= 11 is 0. The van der Waals surface area contributed by atoms with Crippen LogP contribution >= 0.6 is 0 Å². The highest BCUT2D eigenvalue weighted by atomic mass is 16.5. The van der Waals surface area contributed by atoms with Gasteiger partial charge in [-0.25, -0.2) is 4.68 Å². The molecule has 0 atom stereocenters. The molecule has 1 N–H and O–H groups in total. The molecule has 4 rings (SSSR count). The third kappa shape index (κ3) is 5.20. The van der Waals surface area contributed by atoms with E-state index in [1.807, 2.05) is 73.7 Å². The number of rotatable bonds is 9. The van der Waals surface area contributed by atoms with Crippen LogP contribution in [0, 0.1) is 11.3 Å². The van der Waals surface area contributed by atoms with E-state index in [9.17, 15) is 10.1 Å². The highest BCUT2D eigenvalue weighted by molar-refractivity contribution is 6.02. The predicted molar refractivity (Wildman–Crippen MR) is 126 cm³/mol. The number of carbonyl (C=O) groups excluding carboxylic acids is 1. The molecular weight excluding hydrogens is 416 g/mol. The van der Waals surface area contributed by atoms with Gasteiger partial charge in [0.05, 0.1) is 5.69 Å². The second-order valence-corrected chi connectivity index (χ2v) is 7.34. The Hall–Kier alpha value is -4.15. The third-order valence-electron chi connectivity index (χ3n) is 5.04. The van der Waals surface area contributed by atoms with Crippen molar-refractivity contribution in [3.8, 4) is 23.2 Å². The maximum atomic E-state index is 12.6. The van der Waals surface area contributed by atoms with Crippen molar-refractivity contribution in [3.05, 3.63) is 78.0 Å². The zero-order chi connectivity index (χ0) is 23.0. The van der Waals surface area contributed by atoms with Crippen molar-refractivity contribution in [3.63, 3.8) is 0 Å². The molecule has 7 heteroatoms. The summed E-state index contributed by atoms with van der Waals surface area (Å²) in [5.41, 5.74) is 2.75. The van der Waals surface area contributed by atoms with Crippen LogP contribution in [0.25, 0.3) is 34.2 Å². The van der Waals surface area contributed by atoms with E-state index in [0.717, 1.165) is 16.7 Å². The van der Waals surface area contributed by atoms with Crippen LogP contribution < -0.4 is 5.32 Å². The number of nitrogens with zero attached hydrogens (tertiary/aromatic N) is 3. The number of hydrogen-bond donors (Lipinski definition) is 1. The molecule has 0 radical (unpaired) electrons. The number of furan rings is 1. The lowest BCUT2D eigenvalue weighted by Crippen LogP contribution is -2.26. The minimum atomic E-state index is -0.433. The Kier molecular flexibility index (Phi) is 6.98. The standard InChI is InChI=1S/C26H24N4O3/c1-2-32-14-8-13-28-26(31)20(17-27)15-21-18-30(22-10-4-3-5-11-22)29-25(21)24-16-19-9-6-7-12-23(19)33-24/h3-7,9-12,15-16,18H,2,8,13-14H2,1H3,(H,28,31). The summed E-state index contributed by atoms with van der Waals surface area (Å²) in [7, 11) is 0. The lowest BCUT2D eigenvalue weighted by Gasteiger charge is -2.04. The van der Waals surface area contributed by atoms with E-state index in [0.29, 0.717) is 43.2 Å². The van der Waals surface area contributed by atoms with Crippen LogP contribution in [0.5, 0.6) is 0 Å². The highest BCUT2D eigenvalue weighted by Gasteiger charge is 2.18. The Morgan fingerprint density at radius 1 is 1.21 bits per heavy atom. The van der Waals surface area contributed by atoms with Gasteiger partial charge in [-0.2, -0.15) is 10.4 Å². The van der Waals surface area contributed by atoms with Crippen LogP contribution in [0.1, 0.15) is 18.9 Å². The molecule has 4 aromatic rings. The van der Waals surface area contributed by atoms with Gasteiger partial charge in [-0.1, -0.05) is 36.4 Å². The Bertz CT molecular complexity index is 1280. The van der Waals surface area contributed by atoms with Gasteiger partial charge in [0.2, 0.25) is 0 Å². The average molecular weight is 441 g/mol. The number of benzene rings is 2. The summed E-state index contributed by atoms with van der Waals surface area (Å²) < 4.78 is 13.0. The molecule has 33 heavy (non-hydrogen) atoms. The van der Waals surface area contributed by atoms with Gasteiger partial charge < -0.3 is 14.5 Å². The molecule has 0 bridgehead atoms. The molecule has 1 amide bonds. The Morgan fingerprint density at radius 3 is 2.76 bits per heavy atom. The van der Waals surface area contributed by atoms with E-state index < -0.39 is 5.91 Å². The Balaban J connectivity index is 1.69. The molecule has 2 heterocycles. The van der Waals surface area contributed by atoms with E-state index >= 15 is 0 Å². The fourth-order valence-electron chi connectivity index (χ4n) is 3.42. The maximum Gasteiger partial charge on any atom is 0.261 e. The van der Waals surface area contributed by atoms with Crippen LogP contribution in [0.15, 0.2) is 76.9 Å². The van der Waals surface area contributed by atoms with Crippen LogP contribution in [-0.4, -0.2) is 35.4 Å². The molecule has 2 aromatic heterocycles. The predicted octanol–water partition coefficient (Wildman–Crippen LogP) is 4.74. The monoisotopic (exact) mass is 440 g/mol. The number of hydrogen-bond acceptors (Lipinski definition) is 5. The van der Waals surface area contributed by atoms with Crippen LogP contribution in [0.2, 0.25) is 0 Å². The number of nitrogens with one attached hydrogen (secondary N) is 1. The lowest BCUT2D eigenvalue weighted by molar-refractivity contribution is -0.117. The number of amides is 1. The normalized spacial score (nSPS) is 11.5. The van der Waals surface area contributed by atoms with Gasteiger partial charge in [-0.3, -0.25) is 4.79 Å². The fourth-order valence-corrected chi connectivity index (χ4v) is 3.42. The van der Waals surface area contributed by atoms with E-state index in [-0.39, 0.29) is 5.57 Å². The first-order valence-electron chi connectivity index (χ1n) is 10.8. The van der Waals surface area contributed by atoms with E-state index in [1.165, 1.54) is 0 Å². The molecule has 0 aliphatic rings. The lowest BCUT2D eigenvalue weighted by atomic mass is 10.1. The van der Waals surface area contributed by atoms with Crippen molar-refractivity contribution in [2.24, 2.45) is 0 Å². The van der Waals surface area contributed by atoms with Gasteiger partial charge in [0.1, 0.15) is 22.9 Å². The van der Waals surface area contributed by atoms with E-state index in [4.69, 9.17) is 14.3 Å². The topological polar surface area (TPSA) is 93.1 Å². The first-order valence-corrected chi connectivity index (χ1v) is 10.8. The van der Waals surface area contributed by atoms with Gasteiger partial charge in [0, 0.05) is 36.9 Å². The Morgan fingerprint density at radius 2 is 2.00 bits per heavy atom. The molecule has 0 saturated heterocycles. The molecule has 0 spiro atoms. The fraction of sp³-hybridized carbons (Fsp3) is 0.192. The zero-order valence-corrected chi connectivity index (χ0v) is 18.3. The first-order chi connectivity index (χ1) is 16.2. The molecule has 0 aliphatic heterocycles. The number of para-hydroxylation sites is 2. The third-order valence-corrected chi connectivity index (χ3v) is 5.04. The number of fused-ring (bicyclic) bond motifs is 1. The van der Waals surface area contributed by atoms with Gasteiger partial charge in [0.25, 0.3) is 5.91 Å². The van der Waals surface area contributed by atoms with Crippen molar-refractivity contribution >= 4 is 23.0 Å². The summed E-state index contributed by atoms with van der Waals surface area (Å²) in [5.74, 6) is 0.128.